The van der Waals surface area contributed by atoms with Crippen molar-refractivity contribution in [1.82, 2.24) is 4.72 Å². The van der Waals surface area contributed by atoms with Crippen LogP contribution in [0.5, 0.6) is 0 Å². The Morgan fingerprint density at radius 3 is 2.40 bits per heavy atom. The van der Waals surface area contributed by atoms with E-state index in [-0.39, 0.29) is 11.9 Å². The van der Waals surface area contributed by atoms with E-state index < -0.39 is 16.3 Å². The van der Waals surface area contributed by atoms with Crippen LogP contribution in [0.2, 0.25) is 0 Å². The van der Waals surface area contributed by atoms with Crippen LogP contribution in [-0.2, 0) is 15.1 Å². The molecule has 0 bridgehead atoms. The molecule has 2 atom stereocenters. The summed E-state index contributed by atoms with van der Waals surface area (Å²) in [6, 6.07) is 6.72. The average Bonchev–Trinajstić information content (AvgIpc) is 2.67. The molecule has 0 saturated carbocycles. The zero-order chi connectivity index (χ0) is 14.9. The summed E-state index contributed by atoms with van der Waals surface area (Å²) in [4.78, 5) is 13.5. The number of carbonyl (C=O) groups excluding carboxylic acids is 1. The highest BCUT2D eigenvalue weighted by Gasteiger charge is 2.28. The van der Waals surface area contributed by atoms with E-state index in [4.69, 9.17) is 4.55 Å². The summed E-state index contributed by atoms with van der Waals surface area (Å²) in [5.41, 5.74) is 1.52. The van der Waals surface area contributed by atoms with Crippen LogP contribution in [0.1, 0.15) is 38.3 Å². The van der Waals surface area contributed by atoms with E-state index in [0.29, 0.717) is 12.0 Å². The van der Waals surface area contributed by atoms with Crippen LogP contribution in [0.3, 0.4) is 0 Å². The van der Waals surface area contributed by atoms with Gasteiger partial charge in [0.05, 0.1) is 0 Å². The highest BCUT2D eigenvalue weighted by atomic mass is 32.2. The van der Waals surface area contributed by atoms with Crippen LogP contribution < -0.4 is 9.62 Å². The molecule has 2 unspecified atom stereocenters. The Balaban J connectivity index is 2.16. The first kappa shape index (κ1) is 15.0. The van der Waals surface area contributed by atoms with Crippen molar-refractivity contribution in [3.05, 3.63) is 29.8 Å². The smallest absolute Gasteiger partial charge is 0.310 e. The summed E-state index contributed by atoms with van der Waals surface area (Å²) in [7, 11) is -4.23. The molecule has 2 rings (SSSR count). The summed E-state index contributed by atoms with van der Waals surface area (Å²) < 4.78 is 32.4. The number of anilines is 1. The monoisotopic (exact) mass is 298 g/mol. The zero-order valence-corrected chi connectivity index (χ0v) is 12.2. The van der Waals surface area contributed by atoms with Gasteiger partial charge >= 0.3 is 10.3 Å². The second kappa shape index (κ2) is 5.51. The highest BCUT2D eigenvalue weighted by Crippen LogP contribution is 2.27. The first-order chi connectivity index (χ1) is 9.28. The topological polar surface area (TPSA) is 86.7 Å². The van der Waals surface area contributed by atoms with Gasteiger partial charge in [-0.2, -0.15) is 13.1 Å². The summed E-state index contributed by atoms with van der Waals surface area (Å²) >= 11 is 0. The molecule has 1 fully saturated rings. The number of benzene rings is 1. The summed E-state index contributed by atoms with van der Waals surface area (Å²) in [6.07, 6.45) is 1.41. The lowest BCUT2D eigenvalue weighted by Gasteiger charge is -2.22. The van der Waals surface area contributed by atoms with E-state index in [1.165, 1.54) is 0 Å². The molecule has 1 aromatic carbocycles. The largest absolute Gasteiger partial charge is 0.333 e. The molecule has 110 valence electrons. The summed E-state index contributed by atoms with van der Waals surface area (Å²) in [5, 5.41) is 0. The maximum atomic E-state index is 11.8. The molecule has 0 radical (unpaired) electrons. The van der Waals surface area contributed by atoms with E-state index in [1.807, 2.05) is 6.92 Å². The molecule has 1 saturated heterocycles. The molecule has 0 aromatic heterocycles. The molecule has 1 heterocycles. The predicted molar refractivity (Wildman–Crippen MR) is 75.7 cm³/mol. The van der Waals surface area contributed by atoms with Gasteiger partial charge in [-0.3, -0.25) is 9.35 Å². The SMILES string of the molecule is CC(NS(=O)(=O)O)c1ccc(N2C(=O)CCC2C)cc1. The highest BCUT2D eigenvalue weighted by molar-refractivity contribution is 7.83. The number of carbonyl (C=O) groups is 1. The molecule has 2 N–H and O–H groups in total. The van der Waals surface area contributed by atoms with Gasteiger partial charge in [0.15, 0.2) is 0 Å². The molecule has 1 aliphatic rings. The lowest BCUT2D eigenvalue weighted by molar-refractivity contribution is -0.117. The first-order valence-electron chi connectivity index (χ1n) is 6.44. The van der Waals surface area contributed by atoms with Crippen LogP contribution in [0.25, 0.3) is 0 Å². The van der Waals surface area contributed by atoms with Gasteiger partial charge in [-0.1, -0.05) is 12.1 Å². The van der Waals surface area contributed by atoms with Crippen LogP contribution in [-0.4, -0.2) is 24.9 Å². The van der Waals surface area contributed by atoms with Gasteiger partial charge in [-0.05, 0) is 38.0 Å². The fourth-order valence-electron chi connectivity index (χ4n) is 2.44. The number of hydrogen-bond acceptors (Lipinski definition) is 3. The Hall–Kier alpha value is -1.44. The normalized spacial score (nSPS) is 21.2. The second-order valence-electron chi connectivity index (χ2n) is 5.06. The minimum Gasteiger partial charge on any atom is -0.310 e. The maximum absolute atomic E-state index is 11.8. The van der Waals surface area contributed by atoms with Crippen molar-refractivity contribution in [2.24, 2.45) is 0 Å². The minimum absolute atomic E-state index is 0.106. The minimum atomic E-state index is -4.23. The lowest BCUT2D eigenvalue weighted by Crippen LogP contribution is -2.30. The van der Waals surface area contributed by atoms with E-state index >= 15 is 0 Å². The third-order valence-corrected chi connectivity index (χ3v) is 4.13. The molecule has 20 heavy (non-hydrogen) atoms. The molecule has 1 aromatic rings. The van der Waals surface area contributed by atoms with Crippen molar-refractivity contribution >= 4 is 21.9 Å². The van der Waals surface area contributed by atoms with Crippen LogP contribution in [0, 0.1) is 0 Å². The zero-order valence-electron chi connectivity index (χ0n) is 11.4. The Kier molecular flexibility index (Phi) is 4.12. The standard InChI is InChI=1S/C13H18N2O4S/c1-9-3-8-13(16)15(9)12-6-4-11(5-7-12)10(2)14-20(17,18)19/h4-7,9-10,14H,3,8H2,1-2H3,(H,17,18,19). The van der Waals surface area contributed by atoms with E-state index in [0.717, 1.165) is 12.1 Å². The number of amides is 1. The second-order valence-corrected chi connectivity index (χ2v) is 6.24. The van der Waals surface area contributed by atoms with Crippen molar-refractivity contribution in [3.63, 3.8) is 0 Å². The average molecular weight is 298 g/mol. The number of nitrogens with one attached hydrogen (secondary N) is 1. The van der Waals surface area contributed by atoms with E-state index in [1.54, 1.807) is 36.1 Å². The summed E-state index contributed by atoms with van der Waals surface area (Å²) in [6.45, 7) is 3.63. The Labute approximate surface area is 118 Å². The van der Waals surface area contributed by atoms with Gasteiger partial charge in [0.25, 0.3) is 0 Å². The van der Waals surface area contributed by atoms with Gasteiger partial charge < -0.3 is 4.90 Å². The Bertz CT molecular complexity index is 597. The number of rotatable bonds is 4. The van der Waals surface area contributed by atoms with Crippen molar-refractivity contribution in [3.8, 4) is 0 Å². The molecule has 1 amide bonds. The quantitative estimate of drug-likeness (QED) is 0.828. The molecule has 0 spiro atoms. The van der Waals surface area contributed by atoms with Crippen LogP contribution >= 0.6 is 0 Å². The van der Waals surface area contributed by atoms with E-state index in [2.05, 4.69) is 4.72 Å². The Morgan fingerprint density at radius 2 is 1.95 bits per heavy atom. The number of hydrogen-bond donors (Lipinski definition) is 2. The third-order valence-electron chi connectivity index (χ3n) is 3.48. The first-order valence-corrected chi connectivity index (χ1v) is 7.88. The van der Waals surface area contributed by atoms with Crippen LogP contribution in [0.4, 0.5) is 5.69 Å². The third kappa shape index (κ3) is 3.36. The molecular formula is C13H18N2O4S. The Morgan fingerprint density at radius 1 is 1.35 bits per heavy atom. The molecule has 7 heteroatoms. The van der Waals surface area contributed by atoms with Gasteiger partial charge in [0.1, 0.15) is 0 Å². The van der Waals surface area contributed by atoms with Crippen molar-refractivity contribution in [1.29, 1.82) is 0 Å². The lowest BCUT2D eigenvalue weighted by atomic mass is 10.1. The summed E-state index contributed by atoms with van der Waals surface area (Å²) in [5.74, 6) is 0.106. The molecule has 0 aliphatic carbocycles. The number of nitrogens with zero attached hydrogens (tertiary/aromatic N) is 1. The van der Waals surface area contributed by atoms with Crippen molar-refractivity contribution in [2.45, 2.75) is 38.8 Å². The van der Waals surface area contributed by atoms with Gasteiger partial charge in [-0.15, -0.1) is 0 Å². The van der Waals surface area contributed by atoms with Gasteiger partial charge in [0, 0.05) is 24.2 Å². The predicted octanol–water partition coefficient (Wildman–Crippen LogP) is 1.66. The molecule has 1 aliphatic heterocycles. The van der Waals surface area contributed by atoms with Crippen LogP contribution in [0.15, 0.2) is 24.3 Å². The fraction of sp³-hybridized carbons (Fsp3) is 0.462. The van der Waals surface area contributed by atoms with Crippen molar-refractivity contribution < 1.29 is 17.8 Å². The van der Waals surface area contributed by atoms with Gasteiger partial charge in [-0.25, -0.2) is 0 Å². The molecule has 6 nitrogen and oxygen atoms in total. The van der Waals surface area contributed by atoms with Crippen molar-refractivity contribution in [2.75, 3.05) is 4.90 Å². The molecular weight excluding hydrogens is 280 g/mol. The maximum Gasteiger partial charge on any atom is 0.333 e. The fourth-order valence-corrected chi connectivity index (χ4v) is 3.02. The van der Waals surface area contributed by atoms with E-state index in [9.17, 15) is 13.2 Å². The van der Waals surface area contributed by atoms with Gasteiger partial charge in [0.2, 0.25) is 5.91 Å².